The van der Waals surface area contributed by atoms with E-state index in [1.165, 1.54) is 23.5 Å². The van der Waals surface area contributed by atoms with Crippen molar-refractivity contribution in [2.24, 2.45) is 0 Å². The highest BCUT2D eigenvalue weighted by molar-refractivity contribution is 9.10. The molecule has 1 heterocycles. The van der Waals surface area contributed by atoms with E-state index in [2.05, 4.69) is 26.2 Å². The number of benzene rings is 1. The summed E-state index contributed by atoms with van der Waals surface area (Å²) >= 11 is 4.64. The molecule has 6 heteroatoms. The SMILES string of the molecule is CCNC(Cc1csc(C)n1)c1c(F)ccc(Br)c1F. The highest BCUT2D eigenvalue weighted by Crippen LogP contribution is 2.29. The minimum absolute atomic E-state index is 0.0619. The number of hydrogen-bond acceptors (Lipinski definition) is 3. The van der Waals surface area contributed by atoms with Gasteiger partial charge in [-0.15, -0.1) is 11.3 Å². The van der Waals surface area contributed by atoms with Crippen LogP contribution in [0.5, 0.6) is 0 Å². The highest BCUT2D eigenvalue weighted by atomic mass is 79.9. The number of halogens is 3. The van der Waals surface area contributed by atoms with Crippen molar-refractivity contribution < 1.29 is 8.78 Å². The fourth-order valence-electron chi connectivity index (χ4n) is 2.10. The molecular weight excluding hydrogens is 346 g/mol. The molecule has 0 fully saturated rings. The fourth-order valence-corrected chi connectivity index (χ4v) is 3.07. The van der Waals surface area contributed by atoms with Gasteiger partial charge in [-0.25, -0.2) is 13.8 Å². The molecule has 1 atom stereocenters. The monoisotopic (exact) mass is 360 g/mol. The van der Waals surface area contributed by atoms with Crippen LogP contribution >= 0.6 is 27.3 Å². The third-order valence-corrected chi connectivity index (χ3v) is 4.39. The summed E-state index contributed by atoms with van der Waals surface area (Å²) in [5.74, 6) is -1.09. The maximum Gasteiger partial charge on any atom is 0.145 e. The van der Waals surface area contributed by atoms with E-state index in [1.54, 1.807) is 0 Å². The van der Waals surface area contributed by atoms with Crippen molar-refractivity contribution in [2.45, 2.75) is 26.3 Å². The van der Waals surface area contributed by atoms with E-state index in [4.69, 9.17) is 0 Å². The lowest BCUT2D eigenvalue weighted by Crippen LogP contribution is -2.25. The van der Waals surface area contributed by atoms with Crippen molar-refractivity contribution in [3.05, 3.63) is 49.9 Å². The molecular formula is C14H15BrF2N2S. The van der Waals surface area contributed by atoms with Gasteiger partial charge in [-0.1, -0.05) is 6.92 Å². The Hall–Kier alpha value is -0.850. The summed E-state index contributed by atoms with van der Waals surface area (Å²) in [7, 11) is 0. The molecule has 2 rings (SSSR count). The minimum atomic E-state index is -0.553. The summed E-state index contributed by atoms with van der Waals surface area (Å²) in [5, 5.41) is 6.00. The number of likely N-dealkylation sites (N-methyl/N-ethyl adjacent to an activating group) is 1. The molecule has 2 nitrogen and oxygen atoms in total. The van der Waals surface area contributed by atoms with Gasteiger partial charge in [0.05, 0.1) is 15.2 Å². The molecule has 1 unspecified atom stereocenters. The summed E-state index contributed by atoms with van der Waals surface area (Å²) in [6.07, 6.45) is 0.461. The van der Waals surface area contributed by atoms with Gasteiger partial charge in [0.2, 0.25) is 0 Å². The number of thiazole rings is 1. The van der Waals surface area contributed by atoms with E-state index < -0.39 is 17.7 Å². The van der Waals surface area contributed by atoms with Crippen LogP contribution in [-0.4, -0.2) is 11.5 Å². The first-order valence-corrected chi connectivity index (χ1v) is 7.98. The molecule has 0 saturated carbocycles. The average molecular weight is 361 g/mol. The molecule has 108 valence electrons. The van der Waals surface area contributed by atoms with Gasteiger partial charge in [-0.2, -0.15) is 0 Å². The highest BCUT2D eigenvalue weighted by Gasteiger charge is 2.22. The van der Waals surface area contributed by atoms with Gasteiger partial charge in [-0.05, 0) is 41.5 Å². The molecule has 2 aromatic rings. The average Bonchev–Trinajstić information content (AvgIpc) is 2.80. The van der Waals surface area contributed by atoms with Crippen LogP contribution in [0.2, 0.25) is 0 Å². The number of rotatable bonds is 5. The Kier molecular flexibility index (Phi) is 5.23. The zero-order chi connectivity index (χ0) is 14.7. The molecule has 0 amide bonds. The lowest BCUT2D eigenvalue weighted by Gasteiger charge is -2.19. The molecule has 1 aromatic carbocycles. The Morgan fingerprint density at radius 3 is 2.75 bits per heavy atom. The second kappa shape index (κ2) is 6.74. The molecule has 0 saturated heterocycles. The second-order valence-corrected chi connectivity index (χ2v) is 6.35. The van der Waals surface area contributed by atoms with E-state index in [0.29, 0.717) is 13.0 Å². The molecule has 0 aliphatic rings. The normalized spacial score (nSPS) is 12.7. The first-order chi connectivity index (χ1) is 9.52. The van der Waals surface area contributed by atoms with Crippen LogP contribution in [0.1, 0.15) is 29.2 Å². The van der Waals surface area contributed by atoms with Crippen LogP contribution in [0.4, 0.5) is 8.78 Å². The van der Waals surface area contributed by atoms with Crippen LogP contribution < -0.4 is 5.32 Å². The first kappa shape index (κ1) is 15.5. The first-order valence-electron chi connectivity index (χ1n) is 6.30. The summed E-state index contributed by atoms with van der Waals surface area (Å²) < 4.78 is 28.5. The molecule has 1 N–H and O–H groups in total. The Morgan fingerprint density at radius 1 is 1.40 bits per heavy atom. The van der Waals surface area contributed by atoms with E-state index in [-0.39, 0.29) is 10.0 Å². The lowest BCUT2D eigenvalue weighted by atomic mass is 10.0. The lowest BCUT2D eigenvalue weighted by molar-refractivity contribution is 0.468. The Bertz CT molecular complexity index is 601. The summed E-state index contributed by atoms with van der Waals surface area (Å²) in [4.78, 5) is 4.36. The Balaban J connectivity index is 2.35. The standard InChI is InChI=1S/C14H15BrF2N2S/c1-3-18-12(6-9-7-20-8(2)19-9)13-11(16)5-4-10(15)14(13)17/h4-5,7,12,18H,3,6H2,1-2H3. The quantitative estimate of drug-likeness (QED) is 0.800. The zero-order valence-corrected chi connectivity index (χ0v) is 13.6. The van der Waals surface area contributed by atoms with E-state index in [0.717, 1.165) is 10.7 Å². The van der Waals surface area contributed by atoms with E-state index in [1.807, 2.05) is 19.2 Å². The van der Waals surface area contributed by atoms with Crippen molar-refractivity contribution in [3.63, 3.8) is 0 Å². The Labute approximate surface area is 129 Å². The molecule has 0 spiro atoms. The predicted octanol–water partition coefficient (Wildman–Crippen LogP) is 4.39. The number of nitrogens with one attached hydrogen (secondary N) is 1. The smallest absolute Gasteiger partial charge is 0.145 e. The van der Waals surface area contributed by atoms with Crippen molar-refractivity contribution in [3.8, 4) is 0 Å². The van der Waals surface area contributed by atoms with Gasteiger partial charge in [0.15, 0.2) is 0 Å². The second-order valence-electron chi connectivity index (χ2n) is 4.43. The van der Waals surface area contributed by atoms with Gasteiger partial charge < -0.3 is 5.32 Å². The molecule has 0 aliphatic heterocycles. The third kappa shape index (κ3) is 3.42. The van der Waals surface area contributed by atoms with Crippen LogP contribution in [0.15, 0.2) is 22.0 Å². The van der Waals surface area contributed by atoms with Crippen molar-refractivity contribution in [1.29, 1.82) is 0 Å². The number of hydrogen-bond donors (Lipinski definition) is 1. The topological polar surface area (TPSA) is 24.9 Å². The van der Waals surface area contributed by atoms with Crippen molar-refractivity contribution in [1.82, 2.24) is 10.3 Å². The molecule has 20 heavy (non-hydrogen) atoms. The predicted molar refractivity (Wildman–Crippen MR) is 81.0 cm³/mol. The number of nitrogens with zero attached hydrogens (tertiary/aromatic N) is 1. The van der Waals surface area contributed by atoms with Gasteiger partial charge in [0.1, 0.15) is 11.6 Å². The molecule has 1 aromatic heterocycles. The van der Waals surface area contributed by atoms with E-state index in [9.17, 15) is 8.78 Å². The Morgan fingerprint density at radius 2 is 2.15 bits per heavy atom. The van der Waals surface area contributed by atoms with Crippen LogP contribution in [0, 0.1) is 18.6 Å². The maximum absolute atomic E-state index is 14.2. The van der Waals surface area contributed by atoms with E-state index >= 15 is 0 Å². The van der Waals surface area contributed by atoms with Gasteiger partial charge in [0.25, 0.3) is 0 Å². The van der Waals surface area contributed by atoms with Crippen LogP contribution in [0.25, 0.3) is 0 Å². The van der Waals surface area contributed by atoms with Gasteiger partial charge in [0, 0.05) is 23.4 Å². The van der Waals surface area contributed by atoms with Crippen LogP contribution in [0.3, 0.4) is 0 Å². The largest absolute Gasteiger partial charge is 0.310 e. The maximum atomic E-state index is 14.2. The summed E-state index contributed by atoms with van der Waals surface area (Å²) in [6.45, 7) is 4.45. The number of aryl methyl sites for hydroxylation is 1. The molecule has 0 aliphatic carbocycles. The van der Waals surface area contributed by atoms with Gasteiger partial charge in [-0.3, -0.25) is 0 Å². The number of aromatic nitrogens is 1. The van der Waals surface area contributed by atoms with Crippen molar-refractivity contribution >= 4 is 27.3 Å². The summed E-state index contributed by atoms with van der Waals surface area (Å²) in [5.41, 5.74) is 0.907. The minimum Gasteiger partial charge on any atom is -0.310 e. The van der Waals surface area contributed by atoms with Crippen LogP contribution in [-0.2, 0) is 6.42 Å². The molecule has 0 bridgehead atoms. The van der Waals surface area contributed by atoms with Gasteiger partial charge >= 0.3 is 0 Å². The van der Waals surface area contributed by atoms with Crippen molar-refractivity contribution in [2.75, 3.05) is 6.54 Å². The zero-order valence-electron chi connectivity index (χ0n) is 11.2. The molecule has 0 radical (unpaired) electrons. The third-order valence-electron chi connectivity index (χ3n) is 2.96. The summed E-state index contributed by atoms with van der Waals surface area (Å²) in [6, 6.07) is 2.22. The fraction of sp³-hybridized carbons (Fsp3) is 0.357.